The Morgan fingerprint density at radius 1 is 1.59 bits per heavy atom. The molecule has 1 aliphatic rings. The van der Waals surface area contributed by atoms with Crippen LogP contribution in [-0.4, -0.2) is 54.8 Å². The van der Waals surface area contributed by atoms with Crippen LogP contribution in [0.3, 0.4) is 0 Å². The molecule has 0 radical (unpaired) electrons. The van der Waals surface area contributed by atoms with Crippen LogP contribution in [0.2, 0.25) is 0 Å². The average Bonchev–Trinajstić information content (AvgIpc) is 3.20. The van der Waals surface area contributed by atoms with Gasteiger partial charge >= 0.3 is 6.03 Å². The molecule has 2 unspecified atom stereocenters. The van der Waals surface area contributed by atoms with Crippen molar-refractivity contribution >= 4 is 6.03 Å². The maximum absolute atomic E-state index is 12.4. The van der Waals surface area contributed by atoms with Gasteiger partial charge in [0.25, 0.3) is 0 Å². The summed E-state index contributed by atoms with van der Waals surface area (Å²) in [5.41, 5.74) is 0. The molecule has 2 N–H and O–H groups in total. The number of rotatable bonds is 4. The topological polar surface area (TPSA) is 91.7 Å². The SMILES string of the molecule is CC(Cn1cncn1)NC(=O)N1CCCC(c2ncc[nH]2)C1. The molecule has 0 aliphatic carbocycles. The number of urea groups is 1. The zero-order chi connectivity index (χ0) is 15.4. The first kappa shape index (κ1) is 14.6. The van der Waals surface area contributed by atoms with Crippen LogP contribution in [0.1, 0.15) is 31.5 Å². The first-order valence-electron chi connectivity index (χ1n) is 7.59. The molecule has 0 bridgehead atoms. The summed E-state index contributed by atoms with van der Waals surface area (Å²) in [6.07, 6.45) is 8.79. The number of hydrogen-bond donors (Lipinski definition) is 2. The number of likely N-dealkylation sites (tertiary alicyclic amines) is 1. The van der Waals surface area contributed by atoms with E-state index in [1.165, 1.54) is 6.33 Å². The van der Waals surface area contributed by atoms with Crippen molar-refractivity contribution in [1.29, 1.82) is 0 Å². The monoisotopic (exact) mass is 303 g/mol. The molecule has 0 saturated carbocycles. The zero-order valence-corrected chi connectivity index (χ0v) is 12.6. The number of hydrogen-bond acceptors (Lipinski definition) is 4. The molecule has 1 aliphatic heterocycles. The molecule has 1 fully saturated rings. The molecule has 118 valence electrons. The minimum absolute atomic E-state index is 0.00168. The zero-order valence-electron chi connectivity index (χ0n) is 12.6. The summed E-state index contributed by atoms with van der Waals surface area (Å²) in [6.45, 7) is 4.07. The standard InChI is InChI=1S/C14H21N7O/c1-11(7-21-10-15-9-18-21)19-14(22)20-6-2-3-12(8-20)13-16-4-5-17-13/h4-5,9-12H,2-3,6-8H2,1H3,(H,16,17)(H,19,22). The molecule has 2 atom stereocenters. The second-order valence-corrected chi connectivity index (χ2v) is 5.73. The maximum atomic E-state index is 12.4. The van der Waals surface area contributed by atoms with Gasteiger partial charge in [0, 0.05) is 37.4 Å². The number of imidazole rings is 1. The molecule has 1 saturated heterocycles. The van der Waals surface area contributed by atoms with E-state index in [0.717, 1.165) is 25.2 Å². The number of piperidine rings is 1. The third-order valence-corrected chi connectivity index (χ3v) is 3.91. The van der Waals surface area contributed by atoms with Gasteiger partial charge in [-0.05, 0) is 19.8 Å². The van der Waals surface area contributed by atoms with Crippen LogP contribution in [0, 0.1) is 0 Å². The first-order chi connectivity index (χ1) is 10.7. The van der Waals surface area contributed by atoms with E-state index >= 15 is 0 Å². The lowest BCUT2D eigenvalue weighted by atomic mass is 9.97. The van der Waals surface area contributed by atoms with Gasteiger partial charge in [0.2, 0.25) is 0 Å². The van der Waals surface area contributed by atoms with Crippen molar-refractivity contribution in [2.45, 2.75) is 38.3 Å². The predicted octanol–water partition coefficient (Wildman–Crippen LogP) is 0.979. The van der Waals surface area contributed by atoms with Gasteiger partial charge in [-0.25, -0.2) is 14.8 Å². The van der Waals surface area contributed by atoms with E-state index in [9.17, 15) is 4.79 Å². The van der Waals surface area contributed by atoms with Gasteiger partial charge < -0.3 is 15.2 Å². The Labute approximate surface area is 128 Å². The van der Waals surface area contributed by atoms with Crippen LogP contribution in [0.5, 0.6) is 0 Å². The highest BCUT2D eigenvalue weighted by Crippen LogP contribution is 2.24. The van der Waals surface area contributed by atoms with E-state index in [0.29, 0.717) is 19.0 Å². The molecule has 2 amide bonds. The van der Waals surface area contributed by atoms with E-state index < -0.39 is 0 Å². The molecule has 2 aromatic rings. The second kappa shape index (κ2) is 6.59. The second-order valence-electron chi connectivity index (χ2n) is 5.73. The lowest BCUT2D eigenvalue weighted by Crippen LogP contribution is -2.48. The van der Waals surface area contributed by atoms with Crippen LogP contribution >= 0.6 is 0 Å². The quantitative estimate of drug-likeness (QED) is 0.880. The minimum Gasteiger partial charge on any atom is -0.348 e. The van der Waals surface area contributed by atoms with E-state index in [-0.39, 0.29) is 12.1 Å². The molecule has 8 nitrogen and oxygen atoms in total. The molecular formula is C14H21N7O. The number of carbonyl (C=O) groups excluding carboxylic acids is 1. The number of nitrogens with one attached hydrogen (secondary N) is 2. The van der Waals surface area contributed by atoms with Crippen molar-refractivity contribution in [2.75, 3.05) is 13.1 Å². The molecule has 8 heteroatoms. The van der Waals surface area contributed by atoms with Gasteiger partial charge in [-0.3, -0.25) is 4.68 Å². The average molecular weight is 303 g/mol. The highest BCUT2D eigenvalue weighted by Gasteiger charge is 2.26. The van der Waals surface area contributed by atoms with Gasteiger partial charge in [-0.1, -0.05) is 0 Å². The van der Waals surface area contributed by atoms with Crippen LogP contribution in [0.25, 0.3) is 0 Å². The van der Waals surface area contributed by atoms with Crippen molar-refractivity contribution in [3.05, 3.63) is 30.9 Å². The molecule has 0 spiro atoms. The highest BCUT2D eigenvalue weighted by atomic mass is 16.2. The molecule has 3 heterocycles. The molecule has 0 aromatic carbocycles. The Morgan fingerprint density at radius 2 is 2.50 bits per heavy atom. The lowest BCUT2D eigenvalue weighted by Gasteiger charge is -2.32. The lowest BCUT2D eigenvalue weighted by molar-refractivity contribution is 0.174. The van der Waals surface area contributed by atoms with Crippen molar-refractivity contribution in [3.8, 4) is 0 Å². The molecule has 22 heavy (non-hydrogen) atoms. The number of aromatic amines is 1. The Kier molecular flexibility index (Phi) is 4.36. The summed E-state index contributed by atoms with van der Waals surface area (Å²) in [4.78, 5) is 25.6. The largest absolute Gasteiger partial charge is 0.348 e. The van der Waals surface area contributed by atoms with Crippen LogP contribution < -0.4 is 5.32 Å². The van der Waals surface area contributed by atoms with Crippen molar-refractivity contribution in [3.63, 3.8) is 0 Å². The summed E-state index contributed by atoms with van der Waals surface area (Å²) < 4.78 is 1.72. The van der Waals surface area contributed by atoms with Gasteiger partial charge in [0.1, 0.15) is 18.5 Å². The summed E-state index contributed by atoms with van der Waals surface area (Å²) >= 11 is 0. The number of H-pyrrole nitrogens is 1. The van der Waals surface area contributed by atoms with Crippen molar-refractivity contribution in [2.24, 2.45) is 0 Å². The van der Waals surface area contributed by atoms with E-state index in [4.69, 9.17) is 0 Å². The first-order valence-corrected chi connectivity index (χ1v) is 7.59. The fourth-order valence-corrected chi connectivity index (χ4v) is 2.84. The summed E-state index contributed by atoms with van der Waals surface area (Å²) in [7, 11) is 0. The number of carbonyl (C=O) groups is 1. The van der Waals surface area contributed by atoms with Crippen LogP contribution in [0.4, 0.5) is 4.79 Å². The Bertz CT molecular complexity index is 580. The van der Waals surface area contributed by atoms with E-state index in [1.807, 2.05) is 18.0 Å². The smallest absolute Gasteiger partial charge is 0.317 e. The number of amides is 2. The summed E-state index contributed by atoms with van der Waals surface area (Å²) in [5.74, 6) is 1.26. The van der Waals surface area contributed by atoms with Crippen molar-refractivity contribution in [1.82, 2.24) is 34.9 Å². The van der Waals surface area contributed by atoms with Crippen LogP contribution in [-0.2, 0) is 6.54 Å². The summed E-state index contributed by atoms with van der Waals surface area (Å²) in [5, 5.41) is 7.07. The van der Waals surface area contributed by atoms with E-state index in [2.05, 4.69) is 25.4 Å². The fraction of sp³-hybridized carbons (Fsp3) is 0.571. The molecule has 3 rings (SSSR count). The van der Waals surface area contributed by atoms with E-state index in [1.54, 1.807) is 17.2 Å². The molecular weight excluding hydrogens is 282 g/mol. The third-order valence-electron chi connectivity index (χ3n) is 3.91. The fourth-order valence-electron chi connectivity index (χ4n) is 2.84. The number of nitrogens with zero attached hydrogens (tertiary/aromatic N) is 5. The molecule has 2 aromatic heterocycles. The number of aromatic nitrogens is 5. The Balaban J connectivity index is 1.53. The van der Waals surface area contributed by atoms with Gasteiger partial charge in [-0.15, -0.1) is 0 Å². The predicted molar refractivity (Wildman–Crippen MR) is 80.2 cm³/mol. The van der Waals surface area contributed by atoms with Gasteiger partial charge in [0.15, 0.2) is 0 Å². The third kappa shape index (κ3) is 3.44. The van der Waals surface area contributed by atoms with Crippen LogP contribution in [0.15, 0.2) is 25.0 Å². The summed E-state index contributed by atoms with van der Waals surface area (Å²) in [6, 6.07) is -0.0259. The van der Waals surface area contributed by atoms with Gasteiger partial charge in [0.05, 0.1) is 6.54 Å². The highest BCUT2D eigenvalue weighted by molar-refractivity contribution is 5.74. The Hall–Kier alpha value is -2.38. The van der Waals surface area contributed by atoms with Crippen molar-refractivity contribution < 1.29 is 4.79 Å². The minimum atomic E-state index is -0.0242. The van der Waals surface area contributed by atoms with Gasteiger partial charge in [-0.2, -0.15) is 5.10 Å². The normalized spacial score (nSPS) is 19.9. The maximum Gasteiger partial charge on any atom is 0.317 e. The Morgan fingerprint density at radius 3 is 3.23 bits per heavy atom.